The van der Waals surface area contributed by atoms with Gasteiger partial charge in [0, 0.05) is 31.5 Å². The van der Waals surface area contributed by atoms with Gasteiger partial charge in [0.2, 0.25) is 5.91 Å². The molecule has 2 rings (SSSR count). The summed E-state index contributed by atoms with van der Waals surface area (Å²) in [5.74, 6) is -0.324. The minimum Gasteiger partial charge on any atom is -0.385 e. The summed E-state index contributed by atoms with van der Waals surface area (Å²) < 4.78 is 0. The molecule has 0 aromatic carbocycles. The Balaban J connectivity index is 2.07. The molecule has 6 nitrogen and oxygen atoms in total. The SMILES string of the molecule is CCCNc1ccnc(C(=O)N2CCNC(=O)C2)c1. The summed E-state index contributed by atoms with van der Waals surface area (Å²) in [4.78, 5) is 29.1. The van der Waals surface area contributed by atoms with Gasteiger partial charge in [-0.1, -0.05) is 6.92 Å². The quantitative estimate of drug-likeness (QED) is 0.827. The average molecular weight is 262 g/mol. The first-order valence-corrected chi connectivity index (χ1v) is 6.46. The molecule has 102 valence electrons. The second kappa shape index (κ2) is 6.17. The fraction of sp³-hybridized carbons (Fsp3) is 0.462. The van der Waals surface area contributed by atoms with E-state index in [4.69, 9.17) is 0 Å². The van der Waals surface area contributed by atoms with Gasteiger partial charge in [-0.15, -0.1) is 0 Å². The Bertz CT molecular complexity index is 475. The molecule has 1 aromatic rings. The molecule has 2 heterocycles. The highest BCUT2D eigenvalue weighted by Gasteiger charge is 2.23. The number of carbonyl (C=O) groups is 2. The molecule has 1 saturated heterocycles. The van der Waals surface area contributed by atoms with E-state index in [1.807, 2.05) is 6.07 Å². The molecule has 1 aliphatic heterocycles. The van der Waals surface area contributed by atoms with Crippen molar-refractivity contribution < 1.29 is 9.59 Å². The van der Waals surface area contributed by atoms with E-state index in [1.165, 1.54) is 4.90 Å². The highest BCUT2D eigenvalue weighted by atomic mass is 16.2. The third-order valence-corrected chi connectivity index (χ3v) is 2.88. The third-order valence-electron chi connectivity index (χ3n) is 2.88. The molecule has 2 amide bonds. The van der Waals surface area contributed by atoms with E-state index in [1.54, 1.807) is 12.3 Å². The molecule has 6 heteroatoms. The maximum atomic E-state index is 12.2. The van der Waals surface area contributed by atoms with Gasteiger partial charge in [-0.3, -0.25) is 14.6 Å². The van der Waals surface area contributed by atoms with Crippen LogP contribution in [-0.4, -0.2) is 47.9 Å². The van der Waals surface area contributed by atoms with Crippen LogP contribution in [0.5, 0.6) is 0 Å². The minimum atomic E-state index is -0.199. The average Bonchev–Trinajstić information content (AvgIpc) is 2.44. The van der Waals surface area contributed by atoms with Crippen molar-refractivity contribution in [3.8, 4) is 0 Å². The minimum absolute atomic E-state index is 0.104. The Morgan fingerprint density at radius 1 is 1.58 bits per heavy atom. The zero-order valence-corrected chi connectivity index (χ0v) is 11.0. The van der Waals surface area contributed by atoms with E-state index in [0.717, 1.165) is 18.7 Å². The first-order valence-electron chi connectivity index (χ1n) is 6.46. The normalized spacial score (nSPS) is 15.0. The second-order valence-corrected chi connectivity index (χ2v) is 4.43. The Morgan fingerprint density at radius 3 is 3.16 bits per heavy atom. The van der Waals surface area contributed by atoms with Gasteiger partial charge in [0.1, 0.15) is 5.69 Å². The van der Waals surface area contributed by atoms with Crippen molar-refractivity contribution in [2.24, 2.45) is 0 Å². The summed E-state index contributed by atoms with van der Waals surface area (Å²) in [6.45, 7) is 4.06. The van der Waals surface area contributed by atoms with E-state index in [-0.39, 0.29) is 18.4 Å². The van der Waals surface area contributed by atoms with Crippen LogP contribution in [0.25, 0.3) is 0 Å². The highest BCUT2D eigenvalue weighted by Crippen LogP contribution is 2.10. The number of rotatable bonds is 4. The zero-order chi connectivity index (χ0) is 13.7. The van der Waals surface area contributed by atoms with Crippen LogP contribution >= 0.6 is 0 Å². The predicted octanol–water partition coefficient (Wildman–Crippen LogP) is 0.475. The maximum Gasteiger partial charge on any atom is 0.273 e. The lowest BCUT2D eigenvalue weighted by atomic mass is 10.2. The Kier molecular flexibility index (Phi) is 4.33. The number of pyridine rings is 1. The lowest BCUT2D eigenvalue weighted by Gasteiger charge is -2.26. The van der Waals surface area contributed by atoms with E-state index in [9.17, 15) is 9.59 Å². The molecule has 0 unspecified atom stereocenters. The molecule has 0 aliphatic carbocycles. The van der Waals surface area contributed by atoms with E-state index in [2.05, 4.69) is 22.5 Å². The van der Waals surface area contributed by atoms with Gasteiger partial charge in [-0.05, 0) is 18.6 Å². The van der Waals surface area contributed by atoms with Crippen molar-refractivity contribution in [2.75, 3.05) is 31.5 Å². The standard InChI is InChI=1S/C13H18N4O2/c1-2-4-14-10-3-5-15-11(8-10)13(19)17-7-6-16-12(18)9-17/h3,5,8H,2,4,6-7,9H2,1H3,(H,14,15)(H,16,18). The van der Waals surface area contributed by atoms with Gasteiger partial charge in [0.05, 0.1) is 6.54 Å². The fourth-order valence-electron chi connectivity index (χ4n) is 1.90. The summed E-state index contributed by atoms with van der Waals surface area (Å²) in [5, 5.41) is 5.90. The Hall–Kier alpha value is -2.11. The Morgan fingerprint density at radius 2 is 2.42 bits per heavy atom. The second-order valence-electron chi connectivity index (χ2n) is 4.43. The number of carbonyl (C=O) groups excluding carboxylic acids is 2. The van der Waals surface area contributed by atoms with E-state index in [0.29, 0.717) is 18.8 Å². The number of anilines is 1. The molecule has 1 fully saturated rings. The van der Waals surface area contributed by atoms with Crippen LogP contribution in [0.2, 0.25) is 0 Å². The number of nitrogens with one attached hydrogen (secondary N) is 2. The number of hydrogen-bond acceptors (Lipinski definition) is 4. The smallest absolute Gasteiger partial charge is 0.273 e. The van der Waals surface area contributed by atoms with Gasteiger partial charge < -0.3 is 15.5 Å². The number of aromatic nitrogens is 1. The van der Waals surface area contributed by atoms with Crippen LogP contribution in [0, 0.1) is 0 Å². The van der Waals surface area contributed by atoms with Crippen LogP contribution in [0.3, 0.4) is 0 Å². The molecular weight excluding hydrogens is 244 g/mol. The summed E-state index contributed by atoms with van der Waals surface area (Å²) in [6, 6.07) is 3.56. The van der Waals surface area contributed by atoms with Crippen molar-refractivity contribution in [1.29, 1.82) is 0 Å². The molecule has 2 N–H and O–H groups in total. The third kappa shape index (κ3) is 3.43. The van der Waals surface area contributed by atoms with Gasteiger partial charge in [0.25, 0.3) is 5.91 Å². The molecule has 1 aliphatic rings. The lowest BCUT2D eigenvalue weighted by molar-refractivity contribution is -0.123. The summed E-state index contributed by atoms with van der Waals surface area (Å²) in [5.41, 5.74) is 1.25. The van der Waals surface area contributed by atoms with Crippen LogP contribution in [-0.2, 0) is 4.79 Å². The summed E-state index contributed by atoms with van der Waals surface area (Å²) in [6.07, 6.45) is 2.62. The molecular formula is C13H18N4O2. The van der Waals surface area contributed by atoms with Crippen molar-refractivity contribution >= 4 is 17.5 Å². The predicted molar refractivity (Wildman–Crippen MR) is 71.9 cm³/mol. The molecule has 0 saturated carbocycles. The number of piperazine rings is 1. The van der Waals surface area contributed by atoms with Crippen molar-refractivity contribution in [3.05, 3.63) is 24.0 Å². The summed E-state index contributed by atoms with van der Waals surface area (Å²) in [7, 11) is 0. The lowest BCUT2D eigenvalue weighted by Crippen LogP contribution is -2.50. The van der Waals surface area contributed by atoms with Crippen LogP contribution < -0.4 is 10.6 Å². The number of hydrogen-bond donors (Lipinski definition) is 2. The van der Waals surface area contributed by atoms with Crippen LogP contribution in [0.4, 0.5) is 5.69 Å². The molecule has 1 aromatic heterocycles. The zero-order valence-electron chi connectivity index (χ0n) is 11.0. The van der Waals surface area contributed by atoms with Crippen LogP contribution in [0.1, 0.15) is 23.8 Å². The first kappa shape index (κ1) is 13.3. The van der Waals surface area contributed by atoms with Gasteiger partial charge in [-0.25, -0.2) is 0 Å². The summed E-state index contributed by atoms with van der Waals surface area (Å²) >= 11 is 0. The molecule has 0 atom stereocenters. The molecule has 0 bridgehead atoms. The molecule has 19 heavy (non-hydrogen) atoms. The van der Waals surface area contributed by atoms with Crippen molar-refractivity contribution in [1.82, 2.24) is 15.2 Å². The Labute approximate surface area is 112 Å². The highest BCUT2D eigenvalue weighted by molar-refractivity contribution is 5.96. The van der Waals surface area contributed by atoms with Gasteiger partial charge in [0.15, 0.2) is 0 Å². The largest absolute Gasteiger partial charge is 0.385 e. The van der Waals surface area contributed by atoms with Crippen LogP contribution in [0.15, 0.2) is 18.3 Å². The topological polar surface area (TPSA) is 74.3 Å². The molecule has 0 radical (unpaired) electrons. The number of nitrogens with zero attached hydrogens (tertiary/aromatic N) is 2. The van der Waals surface area contributed by atoms with Crippen molar-refractivity contribution in [3.63, 3.8) is 0 Å². The van der Waals surface area contributed by atoms with E-state index >= 15 is 0 Å². The van der Waals surface area contributed by atoms with Gasteiger partial charge in [-0.2, -0.15) is 0 Å². The monoisotopic (exact) mass is 262 g/mol. The molecule has 0 spiro atoms. The van der Waals surface area contributed by atoms with Crippen molar-refractivity contribution in [2.45, 2.75) is 13.3 Å². The number of amides is 2. The maximum absolute atomic E-state index is 12.2. The van der Waals surface area contributed by atoms with Gasteiger partial charge >= 0.3 is 0 Å². The first-order chi connectivity index (χ1) is 9.20. The fourth-order valence-corrected chi connectivity index (χ4v) is 1.90. The van der Waals surface area contributed by atoms with E-state index < -0.39 is 0 Å².